The Morgan fingerprint density at radius 1 is 1.06 bits per heavy atom. The lowest BCUT2D eigenvalue weighted by molar-refractivity contribution is 0.188. The molecule has 0 N–H and O–H groups in total. The van der Waals surface area contributed by atoms with E-state index in [-0.39, 0.29) is 0 Å². The van der Waals surface area contributed by atoms with Crippen LogP contribution >= 0.6 is 0 Å². The maximum Gasteiger partial charge on any atom is 0.00912 e. The lowest BCUT2D eigenvalue weighted by atomic mass is 9.92. The third-order valence-corrected chi connectivity index (χ3v) is 3.01. The lowest BCUT2D eigenvalue weighted by Crippen LogP contribution is -2.33. The number of likely N-dealkylation sites (tertiary alicyclic amines) is 1. The fourth-order valence-electron chi connectivity index (χ4n) is 1.99. The van der Waals surface area contributed by atoms with Crippen LogP contribution in [0.5, 0.6) is 0 Å². The summed E-state index contributed by atoms with van der Waals surface area (Å²) in [5.41, 5.74) is 0. The Morgan fingerprint density at radius 3 is 2.00 bits per heavy atom. The van der Waals surface area contributed by atoms with Gasteiger partial charge in [0, 0.05) is 6.42 Å². The summed E-state index contributed by atoms with van der Waals surface area (Å²) >= 11 is 0. The van der Waals surface area contributed by atoms with Gasteiger partial charge in [0.1, 0.15) is 0 Å². The second kappa shape index (κ2) is 15.5. The van der Waals surface area contributed by atoms with Crippen LogP contribution in [0.15, 0.2) is 0 Å². The third kappa shape index (κ3) is 10.4. The average Bonchev–Trinajstić information content (AvgIpc) is 2.44. The van der Waals surface area contributed by atoms with Crippen molar-refractivity contribution in [2.45, 2.75) is 67.2 Å². The van der Waals surface area contributed by atoms with Crippen molar-refractivity contribution in [3.8, 4) is 11.8 Å². The summed E-state index contributed by atoms with van der Waals surface area (Å²) in [6.45, 7) is 16.0. The van der Waals surface area contributed by atoms with Gasteiger partial charge in [-0.3, -0.25) is 0 Å². The molecule has 0 aromatic carbocycles. The van der Waals surface area contributed by atoms with Gasteiger partial charge in [0.2, 0.25) is 0 Å². The van der Waals surface area contributed by atoms with E-state index in [4.69, 9.17) is 0 Å². The smallest absolute Gasteiger partial charge is 0.00912 e. The number of hydrogen-bond donors (Lipinski definition) is 0. The highest BCUT2D eigenvalue weighted by Crippen LogP contribution is 2.21. The van der Waals surface area contributed by atoms with Crippen LogP contribution < -0.4 is 0 Å². The van der Waals surface area contributed by atoms with E-state index < -0.39 is 0 Å². The maximum atomic E-state index is 3.16. The minimum absolute atomic E-state index is 0.948. The molecule has 0 unspecified atom stereocenters. The second-order valence-corrected chi connectivity index (χ2v) is 3.84. The predicted molar refractivity (Wildman–Crippen MR) is 80.2 cm³/mol. The topological polar surface area (TPSA) is 3.24 Å². The minimum Gasteiger partial charge on any atom is -0.304 e. The first-order valence-corrected chi connectivity index (χ1v) is 7.48. The van der Waals surface area contributed by atoms with E-state index in [1.807, 2.05) is 34.6 Å². The van der Waals surface area contributed by atoms with E-state index in [1.54, 1.807) is 0 Å². The van der Waals surface area contributed by atoms with Gasteiger partial charge >= 0.3 is 0 Å². The highest BCUT2D eigenvalue weighted by molar-refractivity contribution is 4.95. The second-order valence-electron chi connectivity index (χ2n) is 3.84. The maximum absolute atomic E-state index is 3.16. The molecule has 1 fully saturated rings. The van der Waals surface area contributed by atoms with Gasteiger partial charge in [-0.05, 0) is 51.7 Å². The molecule has 1 nitrogen and oxygen atoms in total. The Labute approximate surface area is 110 Å². The van der Waals surface area contributed by atoms with Gasteiger partial charge < -0.3 is 4.90 Å². The summed E-state index contributed by atoms with van der Waals surface area (Å²) in [7, 11) is 0. The molecule has 0 bridgehead atoms. The first-order valence-electron chi connectivity index (χ1n) is 7.48. The summed E-state index contributed by atoms with van der Waals surface area (Å²) in [6.07, 6.45) is 5.20. The van der Waals surface area contributed by atoms with Gasteiger partial charge in [-0.15, -0.1) is 11.8 Å². The summed E-state index contributed by atoms with van der Waals surface area (Å²) in [5, 5.41) is 0. The summed E-state index contributed by atoms with van der Waals surface area (Å²) in [5.74, 6) is 7.07. The zero-order valence-corrected chi connectivity index (χ0v) is 13.0. The number of nitrogens with zero attached hydrogens (tertiary/aromatic N) is 1. The Hall–Kier alpha value is -0.480. The van der Waals surface area contributed by atoms with Crippen molar-refractivity contribution in [1.82, 2.24) is 4.90 Å². The van der Waals surface area contributed by atoms with Crippen molar-refractivity contribution in [2.75, 3.05) is 19.6 Å². The fraction of sp³-hybridized carbons (Fsp3) is 0.875. The normalized spacial score (nSPS) is 15.6. The van der Waals surface area contributed by atoms with E-state index in [1.165, 1.54) is 38.9 Å². The van der Waals surface area contributed by atoms with Gasteiger partial charge in [0.25, 0.3) is 0 Å². The molecule has 0 atom stereocenters. The average molecular weight is 239 g/mol. The van der Waals surface area contributed by atoms with Crippen LogP contribution in [0.25, 0.3) is 0 Å². The van der Waals surface area contributed by atoms with E-state index >= 15 is 0 Å². The first kappa shape index (κ1) is 18.9. The molecule has 1 heterocycles. The van der Waals surface area contributed by atoms with Crippen molar-refractivity contribution < 1.29 is 0 Å². The van der Waals surface area contributed by atoms with Crippen molar-refractivity contribution in [2.24, 2.45) is 5.92 Å². The van der Waals surface area contributed by atoms with Crippen LogP contribution in [0.3, 0.4) is 0 Å². The molecule has 0 spiro atoms. The Balaban J connectivity index is 0. The molecule has 0 aliphatic carbocycles. The van der Waals surface area contributed by atoms with Crippen LogP contribution in [0, 0.1) is 17.8 Å². The molecule has 17 heavy (non-hydrogen) atoms. The molecular formula is C16H33N. The summed E-state index contributed by atoms with van der Waals surface area (Å²) < 4.78 is 0. The summed E-state index contributed by atoms with van der Waals surface area (Å²) in [4.78, 5) is 2.54. The van der Waals surface area contributed by atoms with Crippen LogP contribution in [0.4, 0.5) is 0 Å². The predicted octanol–water partition coefficient (Wildman–Crippen LogP) is 4.57. The number of hydrogen-bond acceptors (Lipinski definition) is 1. The van der Waals surface area contributed by atoms with Gasteiger partial charge in [0.05, 0.1) is 0 Å². The molecule has 102 valence electrons. The minimum atomic E-state index is 0.948. The molecule has 1 heteroatoms. The van der Waals surface area contributed by atoms with Crippen LogP contribution in [-0.4, -0.2) is 24.5 Å². The van der Waals surface area contributed by atoms with Gasteiger partial charge in [-0.1, -0.05) is 34.6 Å². The molecule has 1 rings (SSSR count). The van der Waals surface area contributed by atoms with Crippen molar-refractivity contribution >= 4 is 0 Å². The Bertz CT molecular complexity index is 179. The molecule has 1 saturated heterocycles. The molecule has 0 amide bonds. The number of piperidine rings is 1. The van der Waals surface area contributed by atoms with Gasteiger partial charge in [-0.25, -0.2) is 0 Å². The first-order chi connectivity index (χ1) is 8.36. The highest BCUT2D eigenvalue weighted by Gasteiger charge is 2.16. The number of rotatable bonds is 3. The lowest BCUT2D eigenvalue weighted by Gasteiger charge is -2.30. The van der Waals surface area contributed by atoms with Crippen LogP contribution in [-0.2, 0) is 0 Å². The van der Waals surface area contributed by atoms with Crippen LogP contribution in [0.1, 0.15) is 67.2 Å². The summed E-state index contributed by atoms with van der Waals surface area (Å²) in [6, 6.07) is 0. The molecule has 0 saturated carbocycles. The Morgan fingerprint density at radius 2 is 1.59 bits per heavy atom. The van der Waals surface area contributed by atoms with Crippen molar-refractivity contribution in [1.29, 1.82) is 0 Å². The fourth-order valence-corrected chi connectivity index (χ4v) is 1.99. The Kier molecular flexibility index (Phi) is 17.2. The molecular weight excluding hydrogens is 206 g/mol. The van der Waals surface area contributed by atoms with Crippen molar-refractivity contribution in [3.63, 3.8) is 0 Å². The molecule has 1 aliphatic heterocycles. The molecule has 0 radical (unpaired) electrons. The third-order valence-electron chi connectivity index (χ3n) is 3.01. The molecule has 1 aliphatic rings. The van der Waals surface area contributed by atoms with Crippen molar-refractivity contribution in [3.05, 3.63) is 0 Å². The SMILES string of the molecule is CC.CC.CC#CCCC1CCN(CC)CC1. The largest absolute Gasteiger partial charge is 0.304 e. The van der Waals surface area contributed by atoms with E-state index in [2.05, 4.69) is 23.7 Å². The molecule has 0 aromatic heterocycles. The highest BCUT2D eigenvalue weighted by atomic mass is 15.1. The monoisotopic (exact) mass is 239 g/mol. The standard InChI is InChI=1S/C12H21N.2C2H6/c1-3-5-6-7-12-8-10-13(4-2)11-9-12;2*1-2/h12H,4,6-11H2,1-2H3;2*1-2H3. The van der Waals surface area contributed by atoms with E-state index in [9.17, 15) is 0 Å². The van der Waals surface area contributed by atoms with Crippen LogP contribution in [0.2, 0.25) is 0 Å². The zero-order chi connectivity index (χ0) is 13.5. The quantitative estimate of drug-likeness (QED) is 0.652. The van der Waals surface area contributed by atoms with Gasteiger partial charge in [0.15, 0.2) is 0 Å². The zero-order valence-electron chi connectivity index (χ0n) is 13.0. The molecule has 0 aromatic rings. The van der Waals surface area contributed by atoms with Gasteiger partial charge in [-0.2, -0.15) is 0 Å². The van der Waals surface area contributed by atoms with E-state index in [0.717, 1.165) is 12.3 Å². The van der Waals surface area contributed by atoms with E-state index in [0.29, 0.717) is 0 Å².